The third kappa shape index (κ3) is 3.35. The lowest BCUT2D eigenvalue weighted by atomic mass is 10.1. The second-order valence-electron chi connectivity index (χ2n) is 6.54. The van der Waals surface area contributed by atoms with Crippen molar-refractivity contribution in [1.29, 1.82) is 0 Å². The number of aryl methyl sites for hydroxylation is 1. The molecule has 1 aromatic rings. The number of anilines is 1. The number of hydrogen-bond acceptors (Lipinski definition) is 2. The summed E-state index contributed by atoms with van der Waals surface area (Å²) in [5.41, 5.74) is 4.24. The SMILES string of the molecule is CCC1CCC(C)N1c1ccc(CNC(C)C)c(C)c1. The first-order valence-electron chi connectivity index (χ1n) is 8.14. The summed E-state index contributed by atoms with van der Waals surface area (Å²) in [5, 5.41) is 3.51. The van der Waals surface area contributed by atoms with Crippen LogP contribution in [0, 0.1) is 6.92 Å². The maximum Gasteiger partial charge on any atom is 0.0373 e. The van der Waals surface area contributed by atoms with E-state index in [0.29, 0.717) is 12.1 Å². The van der Waals surface area contributed by atoms with E-state index in [2.05, 4.69) is 63.0 Å². The van der Waals surface area contributed by atoms with Gasteiger partial charge in [0.15, 0.2) is 0 Å². The zero-order valence-electron chi connectivity index (χ0n) is 13.7. The fraction of sp³-hybridized carbons (Fsp3) is 0.667. The Bertz CT molecular complexity index is 439. The van der Waals surface area contributed by atoms with E-state index in [1.54, 1.807) is 0 Å². The third-order valence-electron chi connectivity index (χ3n) is 4.58. The molecule has 0 bridgehead atoms. The van der Waals surface area contributed by atoms with Gasteiger partial charge in [0.1, 0.15) is 0 Å². The van der Waals surface area contributed by atoms with Crippen LogP contribution in [-0.2, 0) is 6.54 Å². The Hall–Kier alpha value is -1.02. The molecule has 2 nitrogen and oxygen atoms in total. The largest absolute Gasteiger partial charge is 0.366 e. The standard InChI is InChI=1S/C18H30N2/c1-6-17-9-7-15(5)20(17)18-10-8-16(14(4)11-18)12-19-13(2)3/h8,10-11,13,15,17,19H,6-7,9,12H2,1-5H3. The number of nitrogens with zero attached hydrogens (tertiary/aromatic N) is 1. The molecule has 1 N–H and O–H groups in total. The first-order chi connectivity index (χ1) is 9.52. The van der Waals surface area contributed by atoms with E-state index in [1.165, 1.54) is 36.1 Å². The lowest BCUT2D eigenvalue weighted by Gasteiger charge is -2.31. The summed E-state index contributed by atoms with van der Waals surface area (Å²) in [6.07, 6.45) is 3.92. The Balaban J connectivity index is 2.15. The van der Waals surface area contributed by atoms with Gasteiger partial charge in [-0.25, -0.2) is 0 Å². The van der Waals surface area contributed by atoms with Crippen LogP contribution in [0.1, 0.15) is 58.1 Å². The molecule has 20 heavy (non-hydrogen) atoms. The Labute approximate surface area is 124 Å². The van der Waals surface area contributed by atoms with Crippen molar-refractivity contribution in [3.05, 3.63) is 29.3 Å². The fourth-order valence-corrected chi connectivity index (χ4v) is 3.29. The highest BCUT2D eigenvalue weighted by Crippen LogP contribution is 2.32. The van der Waals surface area contributed by atoms with E-state index >= 15 is 0 Å². The summed E-state index contributed by atoms with van der Waals surface area (Å²) >= 11 is 0. The molecule has 0 radical (unpaired) electrons. The summed E-state index contributed by atoms with van der Waals surface area (Å²) in [7, 11) is 0. The minimum atomic E-state index is 0.539. The molecule has 0 aromatic heterocycles. The van der Waals surface area contributed by atoms with Gasteiger partial charge >= 0.3 is 0 Å². The van der Waals surface area contributed by atoms with Crippen LogP contribution in [0.25, 0.3) is 0 Å². The van der Waals surface area contributed by atoms with E-state index in [1.807, 2.05) is 0 Å². The van der Waals surface area contributed by atoms with Gasteiger partial charge in [0, 0.05) is 30.4 Å². The quantitative estimate of drug-likeness (QED) is 0.863. The maximum absolute atomic E-state index is 3.51. The van der Waals surface area contributed by atoms with Crippen LogP contribution in [0.5, 0.6) is 0 Å². The highest BCUT2D eigenvalue weighted by molar-refractivity contribution is 5.53. The Kier molecular flexibility index (Phi) is 5.09. The minimum Gasteiger partial charge on any atom is -0.366 e. The van der Waals surface area contributed by atoms with Gasteiger partial charge < -0.3 is 10.2 Å². The number of hydrogen-bond donors (Lipinski definition) is 1. The monoisotopic (exact) mass is 274 g/mol. The molecule has 1 aromatic carbocycles. The molecular weight excluding hydrogens is 244 g/mol. The van der Waals surface area contributed by atoms with E-state index in [4.69, 9.17) is 0 Å². The first-order valence-corrected chi connectivity index (χ1v) is 8.14. The molecule has 0 saturated carbocycles. The zero-order chi connectivity index (χ0) is 14.7. The predicted octanol–water partition coefficient (Wildman–Crippen LogP) is 4.26. The van der Waals surface area contributed by atoms with Gasteiger partial charge in [-0.05, 0) is 56.4 Å². The summed E-state index contributed by atoms with van der Waals surface area (Å²) in [4.78, 5) is 2.63. The van der Waals surface area contributed by atoms with Gasteiger partial charge in [0.25, 0.3) is 0 Å². The number of nitrogens with one attached hydrogen (secondary N) is 1. The molecule has 0 spiro atoms. The topological polar surface area (TPSA) is 15.3 Å². The van der Waals surface area contributed by atoms with Crippen molar-refractivity contribution in [2.45, 2.75) is 78.6 Å². The molecule has 1 aliphatic heterocycles. The first kappa shape index (κ1) is 15.4. The molecular formula is C18H30N2. The van der Waals surface area contributed by atoms with E-state index < -0.39 is 0 Å². The molecule has 1 aliphatic rings. The van der Waals surface area contributed by atoms with Gasteiger partial charge in [0.2, 0.25) is 0 Å². The molecule has 2 rings (SSSR count). The second-order valence-corrected chi connectivity index (χ2v) is 6.54. The lowest BCUT2D eigenvalue weighted by Crippen LogP contribution is -2.34. The average molecular weight is 274 g/mol. The summed E-state index contributed by atoms with van der Waals surface area (Å²) in [6, 6.07) is 8.94. The molecule has 2 atom stereocenters. The van der Waals surface area contributed by atoms with Crippen molar-refractivity contribution in [1.82, 2.24) is 5.32 Å². The van der Waals surface area contributed by atoms with Crippen LogP contribution < -0.4 is 10.2 Å². The van der Waals surface area contributed by atoms with Gasteiger partial charge in [0.05, 0.1) is 0 Å². The van der Waals surface area contributed by atoms with Crippen LogP contribution in [0.15, 0.2) is 18.2 Å². The fourth-order valence-electron chi connectivity index (χ4n) is 3.29. The third-order valence-corrected chi connectivity index (χ3v) is 4.58. The predicted molar refractivity (Wildman–Crippen MR) is 88.4 cm³/mol. The maximum atomic E-state index is 3.51. The van der Waals surface area contributed by atoms with E-state index in [-0.39, 0.29) is 0 Å². The normalized spacial score (nSPS) is 22.8. The average Bonchev–Trinajstić information content (AvgIpc) is 2.78. The molecule has 1 fully saturated rings. The van der Waals surface area contributed by atoms with Crippen LogP contribution in [0.2, 0.25) is 0 Å². The van der Waals surface area contributed by atoms with Crippen molar-refractivity contribution >= 4 is 5.69 Å². The molecule has 0 aliphatic carbocycles. The highest BCUT2D eigenvalue weighted by atomic mass is 15.2. The molecule has 0 amide bonds. The summed E-state index contributed by atoms with van der Waals surface area (Å²) in [6.45, 7) is 12.3. The highest BCUT2D eigenvalue weighted by Gasteiger charge is 2.29. The Morgan fingerprint density at radius 2 is 2.05 bits per heavy atom. The van der Waals surface area contributed by atoms with Crippen LogP contribution in [0.3, 0.4) is 0 Å². The molecule has 2 heteroatoms. The van der Waals surface area contributed by atoms with Gasteiger partial charge in [-0.15, -0.1) is 0 Å². The van der Waals surface area contributed by atoms with Gasteiger partial charge in [-0.3, -0.25) is 0 Å². The van der Waals surface area contributed by atoms with Crippen LogP contribution >= 0.6 is 0 Å². The van der Waals surface area contributed by atoms with E-state index in [0.717, 1.165) is 12.6 Å². The molecule has 2 unspecified atom stereocenters. The Morgan fingerprint density at radius 1 is 1.30 bits per heavy atom. The van der Waals surface area contributed by atoms with E-state index in [9.17, 15) is 0 Å². The van der Waals surface area contributed by atoms with Crippen molar-refractivity contribution in [3.8, 4) is 0 Å². The Morgan fingerprint density at radius 3 is 2.65 bits per heavy atom. The summed E-state index contributed by atoms with van der Waals surface area (Å²) in [5.74, 6) is 0. The second kappa shape index (κ2) is 6.62. The molecule has 1 heterocycles. The number of benzene rings is 1. The van der Waals surface area contributed by atoms with Crippen molar-refractivity contribution in [2.24, 2.45) is 0 Å². The van der Waals surface area contributed by atoms with Crippen molar-refractivity contribution < 1.29 is 0 Å². The summed E-state index contributed by atoms with van der Waals surface area (Å²) < 4.78 is 0. The van der Waals surface area contributed by atoms with Crippen molar-refractivity contribution in [2.75, 3.05) is 4.90 Å². The van der Waals surface area contributed by atoms with Gasteiger partial charge in [-0.2, -0.15) is 0 Å². The smallest absolute Gasteiger partial charge is 0.0373 e. The lowest BCUT2D eigenvalue weighted by molar-refractivity contribution is 0.587. The van der Waals surface area contributed by atoms with Gasteiger partial charge in [-0.1, -0.05) is 26.8 Å². The molecule has 112 valence electrons. The molecule has 1 saturated heterocycles. The van der Waals surface area contributed by atoms with Crippen LogP contribution in [-0.4, -0.2) is 18.1 Å². The minimum absolute atomic E-state index is 0.539. The zero-order valence-corrected chi connectivity index (χ0v) is 13.7. The van der Waals surface area contributed by atoms with Crippen molar-refractivity contribution in [3.63, 3.8) is 0 Å². The number of rotatable bonds is 5. The van der Waals surface area contributed by atoms with Crippen LogP contribution in [0.4, 0.5) is 5.69 Å².